The summed E-state index contributed by atoms with van der Waals surface area (Å²) in [4.78, 5) is 0. The van der Waals surface area contributed by atoms with E-state index in [0.717, 1.165) is 16.9 Å². The van der Waals surface area contributed by atoms with Crippen LogP contribution in [0.3, 0.4) is 0 Å². The molecule has 3 nitrogen and oxygen atoms in total. The molecule has 0 aliphatic rings. The van der Waals surface area contributed by atoms with Gasteiger partial charge in [0.05, 0.1) is 0 Å². The smallest absolute Gasteiger partial charge is 0.136 e. The molecule has 3 N–H and O–H groups in total. The van der Waals surface area contributed by atoms with E-state index in [-0.39, 0.29) is 12.7 Å². The van der Waals surface area contributed by atoms with Gasteiger partial charge in [0.2, 0.25) is 0 Å². The molecule has 0 aliphatic heterocycles. The average Bonchev–Trinajstić information content (AvgIpc) is 2.46. The minimum Gasteiger partial charge on any atom is -0.484 e. The van der Waals surface area contributed by atoms with Crippen molar-refractivity contribution in [1.82, 2.24) is 0 Å². The van der Waals surface area contributed by atoms with Crippen LogP contribution in [0.25, 0.3) is 0 Å². The molecule has 0 bridgehead atoms. The Balaban J connectivity index is 2.22. The van der Waals surface area contributed by atoms with E-state index < -0.39 is 0 Å². The summed E-state index contributed by atoms with van der Waals surface area (Å²) >= 11 is 0. The van der Waals surface area contributed by atoms with E-state index in [2.05, 4.69) is 19.1 Å². The molecule has 2 aromatic carbocycles. The zero-order valence-corrected chi connectivity index (χ0v) is 11.8. The maximum Gasteiger partial charge on any atom is 0.136 e. The topological polar surface area (TPSA) is 55.5 Å². The van der Waals surface area contributed by atoms with Gasteiger partial charge in [-0.1, -0.05) is 48.0 Å². The molecule has 0 radical (unpaired) electrons. The third-order valence-corrected chi connectivity index (χ3v) is 3.25. The Bertz CT molecular complexity index is 554. The van der Waals surface area contributed by atoms with Gasteiger partial charge in [-0.25, -0.2) is 0 Å². The second kappa shape index (κ2) is 7.08. The summed E-state index contributed by atoms with van der Waals surface area (Å²) in [6.07, 6.45) is 0.413. The van der Waals surface area contributed by atoms with Crippen LogP contribution in [0.1, 0.15) is 22.8 Å². The Kier molecular flexibility index (Phi) is 5.16. The molecule has 0 aromatic heterocycles. The fraction of sp³-hybridized carbons (Fsp3) is 0.294. The van der Waals surface area contributed by atoms with Crippen LogP contribution in [0, 0.1) is 6.92 Å². The summed E-state index contributed by atoms with van der Waals surface area (Å²) in [7, 11) is 0. The molecule has 2 rings (SSSR count). The van der Waals surface area contributed by atoms with E-state index in [1.807, 2.05) is 36.4 Å². The number of nitrogens with two attached hydrogens (primary N) is 1. The van der Waals surface area contributed by atoms with Crippen LogP contribution in [0.4, 0.5) is 0 Å². The van der Waals surface area contributed by atoms with Gasteiger partial charge in [0.25, 0.3) is 0 Å². The van der Waals surface area contributed by atoms with Crippen molar-refractivity contribution in [3.05, 3.63) is 65.2 Å². The zero-order valence-electron chi connectivity index (χ0n) is 11.8. The van der Waals surface area contributed by atoms with Crippen LogP contribution in [0.15, 0.2) is 48.5 Å². The normalized spacial score (nSPS) is 12.2. The van der Waals surface area contributed by atoms with E-state index >= 15 is 0 Å². The maximum absolute atomic E-state index is 9.11. The first kappa shape index (κ1) is 14.6. The lowest BCUT2D eigenvalue weighted by Crippen LogP contribution is -2.19. The highest BCUT2D eigenvalue weighted by molar-refractivity contribution is 5.35. The van der Waals surface area contributed by atoms with Crippen molar-refractivity contribution in [3.8, 4) is 5.75 Å². The molecule has 0 heterocycles. The van der Waals surface area contributed by atoms with Gasteiger partial charge in [-0.05, 0) is 30.5 Å². The molecule has 1 unspecified atom stereocenters. The summed E-state index contributed by atoms with van der Waals surface area (Å²) in [5.41, 5.74) is 9.12. The van der Waals surface area contributed by atoms with E-state index in [1.54, 1.807) is 0 Å². The molecule has 0 saturated heterocycles. The molecule has 20 heavy (non-hydrogen) atoms. The summed E-state index contributed by atoms with van der Waals surface area (Å²) in [6.45, 7) is 2.58. The Morgan fingerprint density at radius 2 is 1.95 bits per heavy atom. The summed E-state index contributed by atoms with van der Waals surface area (Å²) in [5.74, 6) is 0.790. The molecule has 0 fully saturated rings. The van der Waals surface area contributed by atoms with Crippen LogP contribution in [-0.2, 0) is 6.42 Å². The van der Waals surface area contributed by atoms with Crippen LogP contribution >= 0.6 is 0 Å². The monoisotopic (exact) mass is 271 g/mol. The number of para-hydroxylation sites is 1. The molecular formula is C17H21NO2. The third-order valence-electron chi connectivity index (χ3n) is 3.25. The van der Waals surface area contributed by atoms with Gasteiger partial charge in [-0.3, -0.25) is 0 Å². The summed E-state index contributed by atoms with van der Waals surface area (Å²) in [6, 6.07) is 15.9. The lowest BCUT2D eigenvalue weighted by atomic mass is 10.1. The molecule has 2 aromatic rings. The number of ether oxygens (including phenoxy) is 1. The highest BCUT2D eigenvalue weighted by Gasteiger charge is 2.13. The molecule has 106 valence electrons. The Hall–Kier alpha value is -1.84. The number of aliphatic hydroxyl groups excluding tert-OH is 1. The van der Waals surface area contributed by atoms with Crippen LogP contribution in [0.2, 0.25) is 0 Å². The Morgan fingerprint density at radius 1 is 1.15 bits per heavy atom. The van der Waals surface area contributed by atoms with Gasteiger partial charge in [-0.15, -0.1) is 0 Å². The van der Waals surface area contributed by atoms with E-state index in [4.69, 9.17) is 15.6 Å². The maximum atomic E-state index is 9.11. The minimum absolute atomic E-state index is 0.109. The number of rotatable bonds is 6. The van der Waals surface area contributed by atoms with E-state index in [1.165, 1.54) is 5.56 Å². The average molecular weight is 271 g/mol. The zero-order chi connectivity index (χ0) is 14.4. The lowest BCUT2D eigenvalue weighted by molar-refractivity contribution is 0.210. The van der Waals surface area contributed by atoms with Crippen LogP contribution < -0.4 is 10.5 Å². The number of aryl methyl sites for hydroxylation is 1. The standard InChI is InChI=1S/C17H21NO2/c1-13-5-4-7-15(11-13)17(12-18)20-16-8-3-2-6-14(16)9-10-19/h2-8,11,17,19H,9-10,12,18H2,1H3. The summed E-state index contributed by atoms with van der Waals surface area (Å²) in [5, 5.41) is 9.11. The molecular weight excluding hydrogens is 250 g/mol. The molecule has 0 spiro atoms. The van der Waals surface area contributed by atoms with Crippen molar-refractivity contribution in [2.45, 2.75) is 19.4 Å². The number of aliphatic hydroxyl groups is 1. The third kappa shape index (κ3) is 3.59. The number of benzene rings is 2. The van der Waals surface area contributed by atoms with Gasteiger partial charge in [0, 0.05) is 13.2 Å². The largest absolute Gasteiger partial charge is 0.484 e. The van der Waals surface area contributed by atoms with Gasteiger partial charge in [0.1, 0.15) is 11.9 Å². The predicted molar refractivity (Wildman–Crippen MR) is 80.8 cm³/mol. The van der Waals surface area contributed by atoms with Gasteiger partial charge < -0.3 is 15.6 Å². The second-order valence-electron chi connectivity index (χ2n) is 4.84. The Morgan fingerprint density at radius 3 is 2.65 bits per heavy atom. The number of hydrogen-bond donors (Lipinski definition) is 2. The molecule has 0 aliphatic carbocycles. The van der Waals surface area contributed by atoms with Gasteiger partial charge in [-0.2, -0.15) is 0 Å². The predicted octanol–water partition coefficient (Wildman–Crippen LogP) is 2.61. The van der Waals surface area contributed by atoms with Crippen molar-refractivity contribution in [3.63, 3.8) is 0 Å². The van der Waals surface area contributed by atoms with E-state index in [9.17, 15) is 0 Å². The van der Waals surface area contributed by atoms with E-state index in [0.29, 0.717) is 13.0 Å². The molecule has 0 amide bonds. The SMILES string of the molecule is Cc1cccc(C(CN)Oc2ccccc2CCO)c1. The number of hydrogen-bond acceptors (Lipinski definition) is 3. The minimum atomic E-state index is -0.172. The van der Waals surface area contributed by atoms with Crippen LogP contribution in [-0.4, -0.2) is 18.3 Å². The van der Waals surface area contributed by atoms with Gasteiger partial charge in [0.15, 0.2) is 0 Å². The molecule has 3 heteroatoms. The van der Waals surface area contributed by atoms with Crippen molar-refractivity contribution >= 4 is 0 Å². The van der Waals surface area contributed by atoms with Gasteiger partial charge >= 0.3 is 0 Å². The fourth-order valence-corrected chi connectivity index (χ4v) is 2.22. The van der Waals surface area contributed by atoms with Crippen molar-refractivity contribution < 1.29 is 9.84 Å². The Labute approximate surface area is 120 Å². The first-order chi connectivity index (χ1) is 9.74. The van der Waals surface area contributed by atoms with Crippen molar-refractivity contribution in [2.75, 3.05) is 13.2 Å². The fourth-order valence-electron chi connectivity index (χ4n) is 2.22. The highest BCUT2D eigenvalue weighted by Crippen LogP contribution is 2.25. The van der Waals surface area contributed by atoms with Crippen molar-refractivity contribution in [2.24, 2.45) is 5.73 Å². The highest BCUT2D eigenvalue weighted by atomic mass is 16.5. The molecule has 0 saturated carbocycles. The first-order valence-electron chi connectivity index (χ1n) is 6.86. The van der Waals surface area contributed by atoms with Crippen LogP contribution in [0.5, 0.6) is 5.75 Å². The second-order valence-corrected chi connectivity index (χ2v) is 4.84. The van der Waals surface area contributed by atoms with Crippen molar-refractivity contribution in [1.29, 1.82) is 0 Å². The first-order valence-corrected chi connectivity index (χ1v) is 6.86. The summed E-state index contributed by atoms with van der Waals surface area (Å²) < 4.78 is 6.05. The quantitative estimate of drug-likeness (QED) is 0.849. The lowest BCUT2D eigenvalue weighted by Gasteiger charge is -2.20. The molecule has 1 atom stereocenters.